The Hall–Kier alpha value is -1.84. The number of nitrogens with zero attached hydrogens (tertiary/aromatic N) is 3. The van der Waals surface area contributed by atoms with E-state index < -0.39 is 21.6 Å². The van der Waals surface area contributed by atoms with Crippen LogP contribution in [0.2, 0.25) is 0 Å². The summed E-state index contributed by atoms with van der Waals surface area (Å²) >= 11 is 0. The second-order valence-corrected chi connectivity index (χ2v) is 6.26. The number of alkyl halides is 3. The van der Waals surface area contributed by atoms with Crippen molar-refractivity contribution in [1.29, 1.82) is 0 Å². The Morgan fingerprint density at radius 3 is 2.62 bits per heavy atom. The molecule has 21 heavy (non-hydrogen) atoms. The van der Waals surface area contributed by atoms with Crippen molar-refractivity contribution >= 4 is 21.2 Å². The molecule has 2 heterocycles. The van der Waals surface area contributed by atoms with E-state index in [1.807, 2.05) is 0 Å². The van der Waals surface area contributed by atoms with E-state index >= 15 is 0 Å². The molecule has 0 aliphatic heterocycles. The Labute approximate surface area is 117 Å². The molecule has 0 amide bonds. The number of aromatic nitrogens is 3. The third-order valence-electron chi connectivity index (χ3n) is 3.37. The lowest BCUT2D eigenvalue weighted by Crippen LogP contribution is -2.28. The zero-order valence-electron chi connectivity index (χ0n) is 10.5. The first kappa shape index (κ1) is 14.1. The van der Waals surface area contributed by atoms with Gasteiger partial charge in [0, 0.05) is 23.8 Å². The number of halogens is 3. The summed E-state index contributed by atoms with van der Waals surface area (Å²) in [5, 5.41) is 0.610. The minimum Gasteiger partial charge on any atom is -0.337 e. The summed E-state index contributed by atoms with van der Waals surface area (Å²) < 4.78 is 64.4. The highest BCUT2D eigenvalue weighted by atomic mass is 32.2. The minimum absolute atomic E-state index is 0.226. The molecule has 0 atom stereocenters. The maximum Gasteiger partial charge on any atom is 0.534 e. The van der Waals surface area contributed by atoms with Crippen LogP contribution in [0.5, 0.6) is 6.01 Å². The van der Waals surface area contributed by atoms with Crippen LogP contribution in [0.25, 0.3) is 11.0 Å². The van der Waals surface area contributed by atoms with Gasteiger partial charge in [0.25, 0.3) is 0 Å². The maximum absolute atomic E-state index is 12.3. The average molecular weight is 321 g/mol. The molecule has 3 rings (SSSR count). The van der Waals surface area contributed by atoms with Crippen molar-refractivity contribution in [1.82, 2.24) is 14.5 Å². The Morgan fingerprint density at radius 1 is 1.33 bits per heavy atom. The fourth-order valence-electron chi connectivity index (χ4n) is 2.07. The molecule has 1 aliphatic rings. The molecule has 0 aromatic carbocycles. The van der Waals surface area contributed by atoms with Crippen LogP contribution in [-0.4, -0.2) is 28.5 Å². The van der Waals surface area contributed by atoms with Gasteiger partial charge in [-0.3, -0.25) is 0 Å². The summed E-state index contributed by atoms with van der Waals surface area (Å²) in [5.74, 6) is 0. The van der Waals surface area contributed by atoms with Gasteiger partial charge >= 0.3 is 21.6 Å². The van der Waals surface area contributed by atoms with Crippen LogP contribution in [0.1, 0.15) is 25.3 Å². The highest BCUT2D eigenvalue weighted by Gasteiger charge is 2.49. The molecule has 1 saturated carbocycles. The molecule has 1 fully saturated rings. The first-order valence-electron chi connectivity index (χ1n) is 6.12. The Bertz CT molecular complexity index is 781. The highest BCUT2D eigenvalue weighted by molar-refractivity contribution is 7.87. The molecule has 6 nitrogen and oxygen atoms in total. The van der Waals surface area contributed by atoms with Crippen LogP contribution in [0, 0.1) is 0 Å². The lowest BCUT2D eigenvalue weighted by molar-refractivity contribution is -0.0502. The number of hydrogen-bond donors (Lipinski definition) is 0. The van der Waals surface area contributed by atoms with Crippen LogP contribution < -0.4 is 4.18 Å². The summed E-state index contributed by atoms with van der Waals surface area (Å²) in [6.07, 6.45) is 5.96. The Balaban J connectivity index is 1.97. The predicted molar refractivity (Wildman–Crippen MR) is 66.0 cm³/mol. The van der Waals surface area contributed by atoms with Gasteiger partial charge in [-0.25, -0.2) is 4.98 Å². The molecule has 0 saturated heterocycles. The van der Waals surface area contributed by atoms with Crippen molar-refractivity contribution in [3.8, 4) is 6.01 Å². The van der Waals surface area contributed by atoms with Crippen LogP contribution in [-0.2, 0) is 10.1 Å². The largest absolute Gasteiger partial charge is 0.534 e. The topological polar surface area (TPSA) is 74.1 Å². The molecule has 2 aromatic heterocycles. The van der Waals surface area contributed by atoms with E-state index in [4.69, 9.17) is 0 Å². The van der Waals surface area contributed by atoms with E-state index in [-0.39, 0.29) is 6.04 Å². The summed E-state index contributed by atoms with van der Waals surface area (Å²) in [5.41, 5.74) is -5.15. The van der Waals surface area contributed by atoms with Crippen molar-refractivity contribution in [3.63, 3.8) is 0 Å². The van der Waals surface area contributed by atoms with Crippen LogP contribution >= 0.6 is 0 Å². The molecule has 0 spiro atoms. The van der Waals surface area contributed by atoms with Crippen LogP contribution in [0.4, 0.5) is 13.2 Å². The number of fused-ring (bicyclic) bond motifs is 1. The molecule has 0 bridgehead atoms. The van der Waals surface area contributed by atoms with Gasteiger partial charge in [0.2, 0.25) is 0 Å². The van der Waals surface area contributed by atoms with Gasteiger partial charge in [0.1, 0.15) is 5.65 Å². The molecule has 0 N–H and O–H groups in total. The Kier molecular flexibility index (Phi) is 3.08. The summed E-state index contributed by atoms with van der Waals surface area (Å²) in [4.78, 5) is 7.28. The van der Waals surface area contributed by atoms with Gasteiger partial charge in [-0.2, -0.15) is 26.6 Å². The monoisotopic (exact) mass is 321 g/mol. The molecule has 114 valence electrons. The third-order valence-corrected chi connectivity index (χ3v) is 4.30. The lowest BCUT2D eigenvalue weighted by atomic mass is 9.93. The van der Waals surface area contributed by atoms with E-state index in [1.54, 1.807) is 16.8 Å². The summed E-state index contributed by atoms with van der Waals surface area (Å²) in [6.45, 7) is 0. The van der Waals surface area contributed by atoms with Gasteiger partial charge < -0.3 is 8.75 Å². The van der Waals surface area contributed by atoms with Gasteiger partial charge in [-0.1, -0.05) is 0 Å². The summed E-state index contributed by atoms with van der Waals surface area (Å²) in [6, 6.07) is 1.11. The second-order valence-electron chi connectivity index (χ2n) is 4.72. The average Bonchev–Trinajstić information content (AvgIpc) is 2.68. The van der Waals surface area contributed by atoms with E-state index in [0.717, 1.165) is 19.3 Å². The van der Waals surface area contributed by atoms with Crippen molar-refractivity contribution in [2.45, 2.75) is 30.8 Å². The van der Waals surface area contributed by atoms with E-state index in [0.29, 0.717) is 11.0 Å². The maximum atomic E-state index is 12.3. The molecule has 0 unspecified atom stereocenters. The van der Waals surface area contributed by atoms with Gasteiger partial charge in [0.05, 0.1) is 0 Å². The van der Waals surface area contributed by atoms with Crippen molar-refractivity contribution in [2.75, 3.05) is 0 Å². The molecular formula is C11H10F3N3O3S. The van der Waals surface area contributed by atoms with E-state index in [9.17, 15) is 21.6 Å². The third kappa shape index (κ3) is 2.43. The quantitative estimate of drug-likeness (QED) is 0.641. The smallest absolute Gasteiger partial charge is 0.337 e. The first-order valence-corrected chi connectivity index (χ1v) is 7.53. The summed E-state index contributed by atoms with van der Waals surface area (Å²) in [7, 11) is -5.76. The van der Waals surface area contributed by atoms with E-state index in [1.165, 1.54) is 6.20 Å². The first-order chi connectivity index (χ1) is 9.78. The zero-order chi connectivity index (χ0) is 15.3. The molecule has 10 heteroatoms. The normalized spacial score (nSPS) is 16.9. The number of rotatable bonds is 3. The Morgan fingerprint density at radius 2 is 2.05 bits per heavy atom. The fourth-order valence-corrected chi connectivity index (χ4v) is 2.44. The van der Waals surface area contributed by atoms with Crippen LogP contribution in [0.3, 0.4) is 0 Å². The molecule has 0 radical (unpaired) electrons. The standard InChI is InChI=1S/C11H10F3N3O3S/c12-11(13,14)21(18,19)20-10-15-6-7-4-5-17(9(7)16-10)8-2-1-3-8/h4-6,8H,1-3H2. The van der Waals surface area contributed by atoms with Crippen LogP contribution in [0.15, 0.2) is 18.5 Å². The van der Waals surface area contributed by atoms with Gasteiger partial charge in [-0.05, 0) is 25.3 Å². The second kappa shape index (κ2) is 4.58. The predicted octanol–water partition coefficient (Wildman–Crippen LogP) is 2.38. The van der Waals surface area contributed by atoms with Gasteiger partial charge in [0.15, 0.2) is 0 Å². The molecule has 2 aromatic rings. The van der Waals surface area contributed by atoms with Crippen molar-refractivity contribution in [2.24, 2.45) is 0 Å². The fraction of sp³-hybridized carbons (Fsp3) is 0.455. The zero-order valence-corrected chi connectivity index (χ0v) is 11.4. The highest BCUT2D eigenvalue weighted by Crippen LogP contribution is 2.34. The lowest BCUT2D eigenvalue weighted by Gasteiger charge is -2.27. The molecule has 1 aliphatic carbocycles. The van der Waals surface area contributed by atoms with E-state index in [2.05, 4.69) is 14.2 Å². The number of hydrogen-bond acceptors (Lipinski definition) is 5. The molecular weight excluding hydrogens is 311 g/mol. The minimum atomic E-state index is -5.76. The van der Waals surface area contributed by atoms with Crippen molar-refractivity contribution in [3.05, 3.63) is 18.5 Å². The van der Waals surface area contributed by atoms with Gasteiger partial charge in [-0.15, -0.1) is 0 Å². The van der Waals surface area contributed by atoms with Crippen molar-refractivity contribution < 1.29 is 25.8 Å². The SMILES string of the molecule is O=S(=O)(Oc1ncc2ccn(C3CCC3)c2n1)C(F)(F)F.